The smallest absolute Gasteiger partial charge is 0.242 e. The zero-order chi connectivity index (χ0) is 18.8. The van der Waals surface area contributed by atoms with Crippen LogP contribution in [0.2, 0.25) is 0 Å². The van der Waals surface area contributed by atoms with Gasteiger partial charge in [0.25, 0.3) is 0 Å². The monoisotopic (exact) mass is 385 g/mol. The van der Waals surface area contributed by atoms with E-state index in [4.69, 9.17) is 12.2 Å². The van der Waals surface area contributed by atoms with E-state index in [1.165, 1.54) is 31.2 Å². The fraction of sp³-hybridized carbons (Fsp3) is 0.550. The summed E-state index contributed by atoms with van der Waals surface area (Å²) in [5, 5.41) is 7.18. The molecular formula is C20H27N5OS. The minimum atomic E-state index is 0.118. The zero-order valence-corrected chi connectivity index (χ0v) is 16.7. The topological polar surface area (TPSA) is 57.2 Å². The Morgan fingerprint density at radius 1 is 1.15 bits per heavy atom. The lowest BCUT2D eigenvalue weighted by Crippen LogP contribution is -2.52. The number of nitrogens with one attached hydrogen (secondary N) is 1. The van der Waals surface area contributed by atoms with Crippen molar-refractivity contribution in [2.75, 3.05) is 26.2 Å². The van der Waals surface area contributed by atoms with Gasteiger partial charge in [0.15, 0.2) is 10.6 Å². The number of nitrogens with zero attached hydrogens (tertiary/aromatic N) is 4. The Bertz CT molecular complexity index is 842. The SMILES string of the molecule is Cc1ccc(-c2n[nH]c(=S)n2CC(=O)N2CCN(C3CCCC3)CC2)cc1. The summed E-state index contributed by atoms with van der Waals surface area (Å²) < 4.78 is 2.30. The van der Waals surface area contributed by atoms with Crippen LogP contribution in [-0.4, -0.2) is 62.7 Å². The molecule has 2 aromatic rings. The van der Waals surface area contributed by atoms with Crippen molar-refractivity contribution in [1.29, 1.82) is 0 Å². The molecule has 0 bridgehead atoms. The molecule has 0 radical (unpaired) electrons. The molecule has 0 unspecified atom stereocenters. The number of rotatable bonds is 4. The summed E-state index contributed by atoms with van der Waals surface area (Å²) in [6.45, 7) is 5.87. The Hall–Kier alpha value is -1.99. The highest BCUT2D eigenvalue weighted by Gasteiger charge is 2.28. The summed E-state index contributed by atoms with van der Waals surface area (Å²) in [5.41, 5.74) is 2.16. The third-order valence-corrected chi connectivity index (χ3v) is 6.18. The lowest BCUT2D eigenvalue weighted by atomic mass is 10.1. The van der Waals surface area contributed by atoms with Crippen LogP contribution < -0.4 is 0 Å². The lowest BCUT2D eigenvalue weighted by Gasteiger charge is -2.38. The normalized spacial score (nSPS) is 18.9. The molecule has 0 spiro atoms. The highest BCUT2D eigenvalue weighted by Crippen LogP contribution is 2.24. The highest BCUT2D eigenvalue weighted by atomic mass is 32.1. The standard InChI is InChI=1S/C20H27N5OS/c1-15-6-8-16(9-7-15)19-21-22-20(27)25(19)14-18(26)24-12-10-23(11-13-24)17-4-2-3-5-17/h6-9,17H,2-5,10-14H2,1H3,(H,22,27). The third-order valence-electron chi connectivity index (χ3n) is 5.87. The molecule has 7 heteroatoms. The van der Waals surface area contributed by atoms with Crippen LogP contribution in [0.25, 0.3) is 11.4 Å². The Balaban J connectivity index is 1.42. The van der Waals surface area contributed by atoms with Crippen molar-refractivity contribution in [3.63, 3.8) is 0 Å². The molecule has 2 aliphatic rings. The number of amides is 1. The molecule has 1 saturated heterocycles. The van der Waals surface area contributed by atoms with Crippen molar-refractivity contribution in [2.45, 2.75) is 45.2 Å². The second kappa shape index (κ2) is 7.94. The fourth-order valence-electron chi connectivity index (χ4n) is 4.23. The van der Waals surface area contributed by atoms with Gasteiger partial charge in [-0.15, -0.1) is 0 Å². The number of carbonyl (C=O) groups is 1. The average Bonchev–Trinajstić information content (AvgIpc) is 3.34. The second-order valence-electron chi connectivity index (χ2n) is 7.66. The molecule has 2 heterocycles. The first-order chi connectivity index (χ1) is 13.1. The largest absolute Gasteiger partial charge is 0.339 e. The molecule has 4 rings (SSSR count). The van der Waals surface area contributed by atoms with Gasteiger partial charge in [0.2, 0.25) is 5.91 Å². The molecule has 0 atom stereocenters. The van der Waals surface area contributed by atoms with Crippen molar-refractivity contribution < 1.29 is 4.79 Å². The second-order valence-corrected chi connectivity index (χ2v) is 8.05. The minimum Gasteiger partial charge on any atom is -0.339 e. The van der Waals surface area contributed by atoms with Crippen LogP contribution >= 0.6 is 12.2 Å². The van der Waals surface area contributed by atoms with E-state index in [-0.39, 0.29) is 12.5 Å². The van der Waals surface area contributed by atoms with Crippen molar-refractivity contribution in [3.05, 3.63) is 34.6 Å². The maximum Gasteiger partial charge on any atom is 0.242 e. The van der Waals surface area contributed by atoms with Crippen LogP contribution in [0.4, 0.5) is 0 Å². The van der Waals surface area contributed by atoms with E-state index >= 15 is 0 Å². The fourth-order valence-corrected chi connectivity index (χ4v) is 4.43. The molecule has 2 fully saturated rings. The summed E-state index contributed by atoms with van der Waals surface area (Å²) in [6, 6.07) is 8.85. The number of aromatic nitrogens is 3. The van der Waals surface area contributed by atoms with Gasteiger partial charge in [0.05, 0.1) is 0 Å². The van der Waals surface area contributed by atoms with Gasteiger partial charge in [-0.2, -0.15) is 5.10 Å². The van der Waals surface area contributed by atoms with Gasteiger partial charge in [-0.3, -0.25) is 19.4 Å². The first-order valence-electron chi connectivity index (χ1n) is 9.86. The van der Waals surface area contributed by atoms with Crippen molar-refractivity contribution in [3.8, 4) is 11.4 Å². The maximum absolute atomic E-state index is 12.9. The first kappa shape index (κ1) is 18.4. The van der Waals surface area contributed by atoms with E-state index in [1.807, 2.05) is 33.7 Å². The third kappa shape index (κ3) is 3.99. The maximum atomic E-state index is 12.9. The van der Waals surface area contributed by atoms with Crippen molar-refractivity contribution in [2.24, 2.45) is 0 Å². The molecule has 1 aliphatic heterocycles. The molecule has 144 valence electrons. The Kier molecular flexibility index (Phi) is 5.41. The van der Waals surface area contributed by atoms with Gasteiger partial charge < -0.3 is 4.90 Å². The average molecular weight is 386 g/mol. The molecule has 1 aromatic heterocycles. The number of H-pyrrole nitrogens is 1. The predicted octanol–water partition coefficient (Wildman–Crippen LogP) is 3.00. The van der Waals surface area contributed by atoms with E-state index in [0.717, 1.165) is 43.6 Å². The van der Waals surface area contributed by atoms with E-state index in [9.17, 15) is 4.79 Å². The molecular weight excluding hydrogens is 358 g/mol. The van der Waals surface area contributed by atoms with Crippen LogP contribution in [-0.2, 0) is 11.3 Å². The molecule has 1 amide bonds. The van der Waals surface area contributed by atoms with Crippen LogP contribution in [0.5, 0.6) is 0 Å². The number of benzene rings is 1. The van der Waals surface area contributed by atoms with Gasteiger partial charge in [0, 0.05) is 37.8 Å². The summed E-state index contributed by atoms with van der Waals surface area (Å²) in [5.74, 6) is 0.838. The van der Waals surface area contributed by atoms with Crippen LogP contribution in [0.1, 0.15) is 31.2 Å². The number of piperazine rings is 1. The number of hydrogen-bond acceptors (Lipinski definition) is 4. The Morgan fingerprint density at radius 2 is 1.81 bits per heavy atom. The van der Waals surface area contributed by atoms with Gasteiger partial charge in [-0.05, 0) is 32.0 Å². The summed E-state index contributed by atoms with van der Waals surface area (Å²) in [4.78, 5) is 17.4. The number of aryl methyl sites for hydroxylation is 1. The van der Waals surface area contributed by atoms with Crippen LogP contribution in [0.3, 0.4) is 0 Å². The first-order valence-corrected chi connectivity index (χ1v) is 10.3. The molecule has 1 aromatic carbocycles. The molecule has 1 aliphatic carbocycles. The zero-order valence-electron chi connectivity index (χ0n) is 15.9. The molecule has 27 heavy (non-hydrogen) atoms. The van der Waals surface area contributed by atoms with Gasteiger partial charge >= 0.3 is 0 Å². The van der Waals surface area contributed by atoms with Crippen LogP contribution in [0.15, 0.2) is 24.3 Å². The molecule has 1 saturated carbocycles. The van der Waals surface area contributed by atoms with E-state index in [2.05, 4.69) is 22.0 Å². The molecule has 1 N–H and O–H groups in total. The Morgan fingerprint density at radius 3 is 2.48 bits per heavy atom. The van der Waals surface area contributed by atoms with E-state index in [0.29, 0.717) is 4.77 Å². The van der Waals surface area contributed by atoms with Crippen molar-refractivity contribution >= 4 is 18.1 Å². The Labute approximate surface area is 165 Å². The van der Waals surface area contributed by atoms with E-state index < -0.39 is 0 Å². The molecule has 6 nitrogen and oxygen atoms in total. The van der Waals surface area contributed by atoms with Crippen LogP contribution in [0, 0.1) is 11.7 Å². The number of hydrogen-bond donors (Lipinski definition) is 1. The lowest BCUT2D eigenvalue weighted by molar-refractivity contribution is -0.133. The van der Waals surface area contributed by atoms with Crippen molar-refractivity contribution in [1.82, 2.24) is 24.6 Å². The predicted molar refractivity (Wildman–Crippen MR) is 108 cm³/mol. The summed E-state index contributed by atoms with van der Waals surface area (Å²) >= 11 is 5.38. The summed E-state index contributed by atoms with van der Waals surface area (Å²) in [6.07, 6.45) is 5.34. The quantitative estimate of drug-likeness (QED) is 0.822. The number of aromatic amines is 1. The minimum absolute atomic E-state index is 0.118. The van der Waals surface area contributed by atoms with Gasteiger partial charge in [0.1, 0.15) is 6.54 Å². The van der Waals surface area contributed by atoms with E-state index in [1.54, 1.807) is 0 Å². The van der Waals surface area contributed by atoms with Gasteiger partial charge in [-0.1, -0.05) is 42.7 Å². The number of carbonyl (C=O) groups excluding carboxylic acids is 1. The highest BCUT2D eigenvalue weighted by molar-refractivity contribution is 7.71. The summed E-state index contributed by atoms with van der Waals surface area (Å²) in [7, 11) is 0. The van der Waals surface area contributed by atoms with Gasteiger partial charge in [-0.25, -0.2) is 0 Å².